The number of carbonyl (C=O) groups is 2. The minimum Gasteiger partial charge on any atom is -0.484 e. The first-order valence-corrected chi connectivity index (χ1v) is 10.6. The van der Waals surface area contributed by atoms with E-state index in [0.29, 0.717) is 17.0 Å². The molecule has 0 aliphatic rings. The lowest BCUT2D eigenvalue weighted by atomic mass is 10.2. The maximum absolute atomic E-state index is 12.1. The summed E-state index contributed by atoms with van der Waals surface area (Å²) >= 11 is 0. The molecule has 0 aromatic heterocycles. The van der Waals surface area contributed by atoms with Crippen LogP contribution >= 0.6 is 0 Å². The van der Waals surface area contributed by atoms with Gasteiger partial charge in [0.2, 0.25) is 15.9 Å². The van der Waals surface area contributed by atoms with Crippen molar-refractivity contribution in [2.24, 2.45) is 5.73 Å². The van der Waals surface area contributed by atoms with Crippen molar-refractivity contribution in [3.63, 3.8) is 0 Å². The van der Waals surface area contributed by atoms with Crippen molar-refractivity contribution in [1.29, 1.82) is 0 Å². The molecule has 2 aromatic carbocycles. The number of primary amides is 1. The summed E-state index contributed by atoms with van der Waals surface area (Å²) in [6.07, 6.45) is 4.46. The fourth-order valence-electron chi connectivity index (χ4n) is 2.33. The highest BCUT2D eigenvalue weighted by molar-refractivity contribution is 7.88. The van der Waals surface area contributed by atoms with Gasteiger partial charge in [-0.2, -0.15) is 0 Å². The number of rotatable bonds is 11. The van der Waals surface area contributed by atoms with Gasteiger partial charge in [0.1, 0.15) is 5.75 Å². The molecule has 0 saturated carbocycles. The average Bonchev–Trinajstić information content (AvgIpc) is 2.71. The van der Waals surface area contributed by atoms with E-state index in [2.05, 4.69) is 16.6 Å². The SMILES string of the molecule is C=CCNS(=O)(=O)Cc1ccc(NC(=O)/C=C/c2ccc(OCC(N)=O)cc2)cc1. The number of ether oxygens (including phenoxy) is 1. The Kier molecular flexibility index (Phi) is 8.33. The van der Waals surface area contributed by atoms with Crippen LogP contribution in [0.2, 0.25) is 0 Å². The van der Waals surface area contributed by atoms with Crippen LogP contribution in [-0.2, 0) is 25.4 Å². The second kappa shape index (κ2) is 10.9. The van der Waals surface area contributed by atoms with E-state index >= 15 is 0 Å². The van der Waals surface area contributed by atoms with Crippen LogP contribution in [0.25, 0.3) is 6.08 Å². The molecule has 4 N–H and O–H groups in total. The summed E-state index contributed by atoms with van der Waals surface area (Å²) < 4.78 is 31.3. The fourth-order valence-corrected chi connectivity index (χ4v) is 3.43. The van der Waals surface area contributed by atoms with E-state index in [4.69, 9.17) is 10.5 Å². The zero-order valence-corrected chi connectivity index (χ0v) is 17.0. The quantitative estimate of drug-likeness (QED) is 0.371. The van der Waals surface area contributed by atoms with Gasteiger partial charge < -0.3 is 15.8 Å². The van der Waals surface area contributed by atoms with Gasteiger partial charge in [0.05, 0.1) is 5.75 Å². The number of nitrogens with two attached hydrogens (primary N) is 1. The molecule has 2 aromatic rings. The molecule has 0 bridgehead atoms. The number of nitrogens with one attached hydrogen (secondary N) is 2. The van der Waals surface area contributed by atoms with Crippen LogP contribution in [0.15, 0.2) is 67.3 Å². The van der Waals surface area contributed by atoms with Crippen LogP contribution in [-0.4, -0.2) is 33.4 Å². The van der Waals surface area contributed by atoms with E-state index in [1.807, 2.05) is 0 Å². The van der Waals surface area contributed by atoms with Crippen molar-refractivity contribution < 1.29 is 22.7 Å². The normalized spacial score (nSPS) is 11.2. The summed E-state index contributed by atoms with van der Waals surface area (Å²) in [5, 5.41) is 2.70. The molecule has 0 radical (unpaired) electrons. The molecule has 30 heavy (non-hydrogen) atoms. The average molecular weight is 429 g/mol. The van der Waals surface area contributed by atoms with Gasteiger partial charge >= 0.3 is 0 Å². The van der Waals surface area contributed by atoms with Crippen LogP contribution in [0.5, 0.6) is 5.75 Å². The minimum absolute atomic E-state index is 0.159. The van der Waals surface area contributed by atoms with E-state index in [-0.39, 0.29) is 24.8 Å². The molecule has 0 fully saturated rings. The van der Waals surface area contributed by atoms with Crippen LogP contribution in [0.3, 0.4) is 0 Å². The summed E-state index contributed by atoms with van der Waals surface area (Å²) in [7, 11) is -3.43. The van der Waals surface area contributed by atoms with Crippen molar-refractivity contribution in [1.82, 2.24) is 4.72 Å². The summed E-state index contributed by atoms with van der Waals surface area (Å²) in [5.74, 6) is -0.558. The number of benzene rings is 2. The number of amides is 2. The predicted octanol–water partition coefficient (Wildman–Crippen LogP) is 1.81. The number of hydrogen-bond donors (Lipinski definition) is 3. The van der Waals surface area contributed by atoms with Gasteiger partial charge in [0, 0.05) is 18.3 Å². The smallest absolute Gasteiger partial charge is 0.255 e. The molecular weight excluding hydrogens is 406 g/mol. The largest absolute Gasteiger partial charge is 0.484 e. The molecule has 0 unspecified atom stereocenters. The zero-order chi connectivity index (χ0) is 22.0. The maximum atomic E-state index is 12.1. The predicted molar refractivity (Wildman–Crippen MR) is 116 cm³/mol. The Balaban J connectivity index is 1.88. The van der Waals surface area contributed by atoms with Crippen LogP contribution in [0.4, 0.5) is 5.69 Å². The third kappa shape index (κ3) is 8.29. The molecule has 0 atom stereocenters. The highest BCUT2D eigenvalue weighted by Gasteiger charge is 2.10. The standard InChI is InChI=1S/C21H23N3O5S/c1-2-13-23-30(27,28)15-17-3-8-18(9-4-17)24-21(26)12-7-16-5-10-19(11-6-16)29-14-20(22)25/h2-12,23H,1,13-15H2,(H2,22,25)(H,24,26)/b12-7+. The lowest BCUT2D eigenvalue weighted by molar-refractivity contribution is -0.120. The summed E-state index contributed by atoms with van der Waals surface area (Å²) in [4.78, 5) is 22.8. The maximum Gasteiger partial charge on any atom is 0.255 e. The Morgan fingerprint density at radius 2 is 1.73 bits per heavy atom. The molecule has 2 rings (SSSR count). The number of sulfonamides is 1. The van der Waals surface area contributed by atoms with Gasteiger partial charge in [0.15, 0.2) is 6.61 Å². The third-order valence-corrected chi connectivity index (χ3v) is 5.03. The Labute approximate surface area is 175 Å². The second-order valence-corrected chi connectivity index (χ2v) is 8.05. The highest BCUT2D eigenvalue weighted by atomic mass is 32.2. The molecule has 0 saturated heterocycles. The van der Waals surface area contributed by atoms with Gasteiger partial charge in [-0.15, -0.1) is 6.58 Å². The van der Waals surface area contributed by atoms with Crippen LogP contribution in [0.1, 0.15) is 11.1 Å². The molecule has 0 aliphatic heterocycles. The second-order valence-electron chi connectivity index (χ2n) is 6.24. The summed E-state index contributed by atoms with van der Waals surface area (Å²) in [6.45, 7) is 3.44. The zero-order valence-electron chi connectivity index (χ0n) is 16.2. The molecule has 8 nitrogen and oxygen atoms in total. The van der Waals surface area contributed by atoms with Gasteiger partial charge in [-0.1, -0.05) is 30.3 Å². The molecule has 158 valence electrons. The first-order chi connectivity index (χ1) is 14.3. The number of anilines is 1. The Bertz CT molecular complexity index is 1010. The van der Waals surface area contributed by atoms with Crippen LogP contribution < -0.4 is 20.5 Å². The molecule has 0 spiro atoms. The van der Waals surface area contributed by atoms with Gasteiger partial charge in [-0.25, -0.2) is 13.1 Å². The van der Waals surface area contributed by atoms with Crippen LogP contribution in [0, 0.1) is 0 Å². The molecule has 0 aliphatic carbocycles. The summed E-state index contributed by atoms with van der Waals surface area (Å²) in [5.41, 5.74) is 6.92. The Morgan fingerprint density at radius 1 is 1.07 bits per heavy atom. The lowest BCUT2D eigenvalue weighted by Gasteiger charge is -2.07. The fraction of sp³-hybridized carbons (Fsp3) is 0.143. The number of carbonyl (C=O) groups excluding carboxylic acids is 2. The minimum atomic E-state index is -3.43. The van der Waals surface area contributed by atoms with E-state index in [1.54, 1.807) is 54.6 Å². The van der Waals surface area contributed by atoms with Crippen molar-refractivity contribution in [3.05, 3.63) is 78.4 Å². The van der Waals surface area contributed by atoms with Gasteiger partial charge in [-0.3, -0.25) is 9.59 Å². The lowest BCUT2D eigenvalue weighted by Crippen LogP contribution is -2.25. The van der Waals surface area contributed by atoms with Gasteiger partial charge in [-0.05, 0) is 41.5 Å². The van der Waals surface area contributed by atoms with E-state index in [9.17, 15) is 18.0 Å². The molecular formula is C21H23N3O5S. The topological polar surface area (TPSA) is 128 Å². The van der Waals surface area contributed by atoms with Crippen molar-refractivity contribution in [2.75, 3.05) is 18.5 Å². The first kappa shape index (κ1) is 22.9. The highest BCUT2D eigenvalue weighted by Crippen LogP contribution is 2.14. The van der Waals surface area contributed by atoms with E-state index in [1.165, 1.54) is 12.2 Å². The Hall–Kier alpha value is -3.43. The van der Waals surface area contributed by atoms with Gasteiger partial charge in [0.25, 0.3) is 5.91 Å². The van der Waals surface area contributed by atoms with E-state index < -0.39 is 15.9 Å². The monoisotopic (exact) mass is 429 g/mol. The third-order valence-electron chi connectivity index (χ3n) is 3.71. The van der Waals surface area contributed by atoms with Crippen molar-refractivity contribution in [3.8, 4) is 5.75 Å². The molecule has 9 heteroatoms. The van der Waals surface area contributed by atoms with E-state index in [0.717, 1.165) is 5.56 Å². The van der Waals surface area contributed by atoms with Crippen molar-refractivity contribution >= 4 is 33.6 Å². The Morgan fingerprint density at radius 3 is 2.33 bits per heavy atom. The summed E-state index contributed by atoms with van der Waals surface area (Å²) in [6, 6.07) is 13.3. The van der Waals surface area contributed by atoms with Crippen molar-refractivity contribution in [2.45, 2.75) is 5.75 Å². The first-order valence-electron chi connectivity index (χ1n) is 8.95. The number of hydrogen-bond acceptors (Lipinski definition) is 5. The molecule has 2 amide bonds. The molecule has 0 heterocycles.